The number of hydrogen-bond acceptors (Lipinski definition) is 3. The molecule has 0 bridgehead atoms. The molecule has 0 heterocycles. The third kappa shape index (κ3) is 6.81. The Labute approximate surface area is 95.3 Å². The van der Waals surface area contributed by atoms with E-state index in [0.29, 0.717) is 12.4 Å². The van der Waals surface area contributed by atoms with Gasteiger partial charge in [0.05, 0.1) is 0 Å². The minimum Gasteiger partial charge on any atom is -0.390 e. The van der Waals surface area contributed by atoms with E-state index >= 15 is 0 Å². The Hall–Kier alpha value is -1.21. The number of nitriles is 1. The Balaban J connectivity index is 4.00. The summed E-state index contributed by atoms with van der Waals surface area (Å²) in [5, 5.41) is 14.1. The zero-order valence-corrected chi connectivity index (χ0v) is 9.60. The van der Waals surface area contributed by atoms with E-state index in [-0.39, 0.29) is 11.5 Å². The lowest BCUT2D eigenvalue weighted by molar-refractivity contribution is -0.117. The van der Waals surface area contributed by atoms with Crippen LogP contribution in [-0.4, -0.2) is 24.9 Å². The van der Waals surface area contributed by atoms with Gasteiger partial charge in [-0.05, 0) is 6.42 Å². The molecule has 0 aliphatic heterocycles. The van der Waals surface area contributed by atoms with Crippen LogP contribution in [0.1, 0.15) is 19.8 Å². The molecule has 15 heavy (non-hydrogen) atoms. The third-order valence-electron chi connectivity index (χ3n) is 1.67. The Morgan fingerprint density at radius 3 is 2.80 bits per heavy atom. The molecule has 84 valence electrons. The highest BCUT2D eigenvalue weighted by Crippen LogP contribution is 1.91. The second-order valence-corrected chi connectivity index (χ2v) is 3.30. The smallest absolute Gasteiger partial charge is 0.263 e. The lowest BCUT2D eigenvalue weighted by Gasteiger charge is -2.02. The highest BCUT2D eigenvalue weighted by atomic mass is 35.5. The molecule has 1 amide bonds. The van der Waals surface area contributed by atoms with E-state index in [9.17, 15) is 4.79 Å². The number of nitrogens with one attached hydrogen (secondary N) is 2. The molecule has 4 nitrogen and oxygen atoms in total. The zero-order valence-electron chi connectivity index (χ0n) is 8.85. The molecule has 0 radical (unpaired) electrons. The number of unbranched alkanes of at least 4 members (excludes halogenated alkanes) is 1. The van der Waals surface area contributed by atoms with Crippen molar-refractivity contribution in [2.75, 3.05) is 19.0 Å². The summed E-state index contributed by atoms with van der Waals surface area (Å²) in [4.78, 5) is 11.3. The van der Waals surface area contributed by atoms with Crippen LogP contribution in [0.4, 0.5) is 0 Å². The largest absolute Gasteiger partial charge is 0.390 e. The second-order valence-electron chi connectivity index (χ2n) is 2.92. The van der Waals surface area contributed by atoms with Gasteiger partial charge in [0.1, 0.15) is 11.6 Å². The van der Waals surface area contributed by atoms with Crippen LogP contribution in [0.3, 0.4) is 0 Å². The van der Waals surface area contributed by atoms with Crippen molar-refractivity contribution in [2.24, 2.45) is 0 Å². The van der Waals surface area contributed by atoms with E-state index in [0.717, 1.165) is 19.4 Å². The molecule has 0 spiro atoms. The van der Waals surface area contributed by atoms with E-state index < -0.39 is 0 Å². The van der Waals surface area contributed by atoms with Crippen molar-refractivity contribution < 1.29 is 4.79 Å². The fraction of sp³-hybridized carbons (Fsp3) is 0.600. The zero-order chi connectivity index (χ0) is 11.5. The normalized spacial score (nSPS) is 10.6. The van der Waals surface area contributed by atoms with E-state index in [1.807, 2.05) is 6.07 Å². The number of alkyl halides is 1. The monoisotopic (exact) mass is 229 g/mol. The van der Waals surface area contributed by atoms with Crippen molar-refractivity contribution in [3.8, 4) is 6.07 Å². The van der Waals surface area contributed by atoms with Gasteiger partial charge in [-0.15, -0.1) is 11.6 Å². The van der Waals surface area contributed by atoms with Gasteiger partial charge in [0.2, 0.25) is 0 Å². The van der Waals surface area contributed by atoms with Crippen LogP contribution >= 0.6 is 11.6 Å². The van der Waals surface area contributed by atoms with Crippen LogP contribution in [-0.2, 0) is 4.79 Å². The highest BCUT2D eigenvalue weighted by Gasteiger charge is 2.06. The van der Waals surface area contributed by atoms with Crippen LogP contribution < -0.4 is 10.6 Å². The van der Waals surface area contributed by atoms with Crippen molar-refractivity contribution in [1.82, 2.24) is 10.6 Å². The maximum absolute atomic E-state index is 11.3. The van der Waals surface area contributed by atoms with E-state index in [2.05, 4.69) is 17.6 Å². The summed E-state index contributed by atoms with van der Waals surface area (Å²) >= 11 is 5.41. The summed E-state index contributed by atoms with van der Waals surface area (Å²) < 4.78 is 0. The SMILES string of the molecule is CCCCN/C=C(/C#N)C(=O)NCCCl. The summed E-state index contributed by atoms with van der Waals surface area (Å²) in [5.74, 6) is -0.0459. The van der Waals surface area contributed by atoms with Crippen molar-refractivity contribution in [1.29, 1.82) is 5.26 Å². The predicted octanol–water partition coefficient (Wildman–Crippen LogP) is 1.14. The molecular formula is C10H16ClN3O. The second kappa shape index (κ2) is 9.35. The van der Waals surface area contributed by atoms with Crippen LogP contribution in [0.2, 0.25) is 0 Å². The molecule has 0 aromatic rings. The summed E-state index contributed by atoms with van der Waals surface area (Å²) in [6.07, 6.45) is 3.53. The van der Waals surface area contributed by atoms with Gasteiger partial charge in [-0.3, -0.25) is 4.79 Å². The van der Waals surface area contributed by atoms with E-state index in [1.54, 1.807) is 0 Å². The molecule has 0 aliphatic carbocycles. The molecular weight excluding hydrogens is 214 g/mol. The Morgan fingerprint density at radius 1 is 1.53 bits per heavy atom. The van der Waals surface area contributed by atoms with Crippen LogP contribution in [0.25, 0.3) is 0 Å². The first-order chi connectivity index (χ1) is 7.26. The first-order valence-electron chi connectivity index (χ1n) is 4.94. The lowest BCUT2D eigenvalue weighted by atomic mass is 10.3. The minimum atomic E-state index is -0.387. The van der Waals surface area contributed by atoms with Crippen LogP contribution in [0.15, 0.2) is 11.8 Å². The number of halogens is 1. The Morgan fingerprint density at radius 2 is 2.27 bits per heavy atom. The predicted molar refractivity (Wildman–Crippen MR) is 60.3 cm³/mol. The fourth-order valence-corrected chi connectivity index (χ4v) is 0.952. The van der Waals surface area contributed by atoms with E-state index in [1.165, 1.54) is 6.20 Å². The standard InChI is InChI=1S/C10H16ClN3O/c1-2-3-5-13-8-9(7-12)10(15)14-6-4-11/h8,13H,2-6H2,1H3,(H,14,15)/b9-8-. The fourth-order valence-electron chi connectivity index (χ4n) is 0.858. The maximum atomic E-state index is 11.3. The molecule has 0 fully saturated rings. The lowest BCUT2D eigenvalue weighted by Crippen LogP contribution is -2.27. The third-order valence-corrected chi connectivity index (χ3v) is 1.86. The summed E-state index contributed by atoms with van der Waals surface area (Å²) in [6, 6.07) is 1.83. The summed E-state index contributed by atoms with van der Waals surface area (Å²) in [6.45, 7) is 3.21. The first-order valence-corrected chi connectivity index (χ1v) is 5.47. The average molecular weight is 230 g/mol. The van der Waals surface area contributed by atoms with Gasteiger partial charge in [-0.1, -0.05) is 13.3 Å². The molecule has 0 aromatic heterocycles. The Kier molecular flexibility index (Phi) is 8.59. The number of rotatable bonds is 7. The molecule has 0 aliphatic rings. The van der Waals surface area contributed by atoms with Gasteiger partial charge in [-0.2, -0.15) is 5.26 Å². The van der Waals surface area contributed by atoms with Crippen molar-refractivity contribution in [3.05, 3.63) is 11.8 Å². The molecule has 2 N–H and O–H groups in total. The summed E-state index contributed by atoms with van der Waals surface area (Å²) in [7, 11) is 0. The molecule has 0 atom stereocenters. The summed E-state index contributed by atoms with van der Waals surface area (Å²) in [5.41, 5.74) is 0.0798. The first kappa shape index (κ1) is 13.8. The number of hydrogen-bond donors (Lipinski definition) is 2. The maximum Gasteiger partial charge on any atom is 0.263 e. The van der Waals surface area contributed by atoms with Crippen molar-refractivity contribution in [3.63, 3.8) is 0 Å². The molecule has 5 heteroatoms. The molecule has 0 saturated carbocycles. The van der Waals surface area contributed by atoms with Gasteiger partial charge in [0.15, 0.2) is 0 Å². The minimum absolute atomic E-state index is 0.0798. The van der Waals surface area contributed by atoms with Crippen LogP contribution in [0, 0.1) is 11.3 Å². The number of nitrogens with zero attached hydrogens (tertiary/aromatic N) is 1. The van der Waals surface area contributed by atoms with Crippen molar-refractivity contribution in [2.45, 2.75) is 19.8 Å². The topological polar surface area (TPSA) is 64.9 Å². The van der Waals surface area contributed by atoms with Gasteiger partial charge < -0.3 is 10.6 Å². The van der Waals surface area contributed by atoms with Gasteiger partial charge >= 0.3 is 0 Å². The highest BCUT2D eigenvalue weighted by molar-refractivity contribution is 6.18. The van der Waals surface area contributed by atoms with Crippen LogP contribution in [0.5, 0.6) is 0 Å². The molecule has 0 aromatic carbocycles. The molecule has 0 rings (SSSR count). The molecule has 0 unspecified atom stereocenters. The average Bonchev–Trinajstić information content (AvgIpc) is 2.26. The van der Waals surface area contributed by atoms with Gasteiger partial charge in [0, 0.05) is 25.2 Å². The van der Waals surface area contributed by atoms with Gasteiger partial charge in [-0.25, -0.2) is 0 Å². The van der Waals surface area contributed by atoms with Gasteiger partial charge in [0.25, 0.3) is 5.91 Å². The molecule has 0 saturated heterocycles. The quantitative estimate of drug-likeness (QED) is 0.298. The number of amides is 1. The van der Waals surface area contributed by atoms with Crippen molar-refractivity contribution >= 4 is 17.5 Å². The number of carbonyl (C=O) groups excluding carboxylic acids is 1. The van der Waals surface area contributed by atoms with E-state index in [4.69, 9.17) is 16.9 Å². The Bertz CT molecular complexity index is 258. The number of carbonyl (C=O) groups is 1.